The topological polar surface area (TPSA) is 66.9 Å². The van der Waals surface area contributed by atoms with Crippen molar-refractivity contribution in [2.75, 3.05) is 11.9 Å². The highest BCUT2D eigenvalue weighted by Gasteiger charge is 2.07. The Kier molecular flexibility index (Phi) is 5.26. The molecule has 110 valence electrons. The first kappa shape index (κ1) is 15.0. The minimum atomic E-state index is -0.104. The summed E-state index contributed by atoms with van der Waals surface area (Å²) in [4.78, 5) is 20.4. The lowest BCUT2D eigenvalue weighted by molar-refractivity contribution is 0.0951. The molecular weight excluding hydrogens is 264 g/mol. The van der Waals surface area contributed by atoms with Crippen LogP contribution in [0.4, 0.5) is 5.82 Å². The molecule has 0 spiro atoms. The molecular formula is C16H20N4O. The normalized spacial score (nSPS) is 10.2. The van der Waals surface area contributed by atoms with Crippen LogP contribution in [0.5, 0.6) is 0 Å². The summed E-state index contributed by atoms with van der Waals surface area (Å²) in [5, 5.41) is 6.09. The van der Waals surface area contributed by atoms with Crippen molar-refractivity contribution >= 4 is 11.7 Å². The molecule has 0 saturated carbocycles. The summed E-state index contributed by atoms with van der Waals surface area (Å²) in [6.45, 7) is 5.40. The van der Waals surface area contributed by atoms with Crippen LogP contribution in [-0.4, -0.2) is 22.4 Å². The fourth-order valence-electron chi connectivity index (χ4n) is 1.90. The summed E-state index contributed by atoms with van der Waals surface area (Å²) < 4.78 is 0. The largest absolute Gasteiger partial charge is 0.370 e. The van der Waals surface area contributed by atoms with Crippen molar-refractivity contribution in [2.24, 2.45) is 0 Å². The highest BCUT2D eigenvalue weighted by molar-refractivity contribution is 5.94. The Hall–Kier alpha value is -2.43. The van der Waals surface area contributed by atoms with Crippen molar-refractivity contribution in [2.45, 2.75) is 26.8 Å². The van der Waals surface area contributed by atoms with Gasteiger partial charge in [0.25, 0.3) is 5.91 Å². The van der Waals surface area contributed by atoms with E-state index in [1.807, 2.05) is 13.0 Å². The van der Waals surface area contributed by atoms with Crippen LogP contribution in [0.1, 0.15) is 34.8 Å². The number of carbonyl (C=O) groups excluding carboxylic acids is 1. The predicted octanol–water partition coefficient (Wildman–Crippen LogP) is 2.54. The van der Waals surface area contributed by atoms with Crippen LogP contribution in [0.15, 0.2) is 36.8 Å². The van der Waals surface area contributed by atoms with Crippen molar-refractivity contribution in [3.05, 3.63) is 53.5 Å². The number of carbonyl (C=O) groups is 1. The van der Waals surface area contributed by atoms with Crippen LogP contribution < -0.4 is 10.6 Å². The van der Waals surface area contributed by atoms with Crippen molar-refractivity contribution < 1.29 is 4.79 Å². The summed E-state index contributed by atoms with van der Waals surface area (Å²) in [6.07, 6.45) is 6.18. The molecule has 21 heavy (non-hydrogen) atoms. The number of nitrogens with one attached hydrogen (secondary N) is 2. The second-order valence-corrected chi connectivity index (χ2v) is 4.84. The molecule has 5 nitrogen and oxygen atoms in total. The van der Waals surface area contributed by atoms with Crippen LogP contribution in [0.25, 0.3) is 0 Å². The second kappa shape index (κ2) is 7.38. The van der Waals surface area contributed by atoms with Crippen LogP contribution in [0, 0.1) is 6.92 Å². The number of hydrogen-bond acceptors (Lipinski definition) is 4. The fourth-order valence-corrected chi connectivity index (χ4v) is 1.90. The summed E-state index contributed by atoms with van der Waals surface area (Å²) in [5.74, 6) is 0.623. The molecule has 2 N–H and O–H groups in total. The van der Waals surface area contributed by atoms with Crippen molar-refractivity contribution in [3.63, 3.8) is 0 Å². The van der Waals surface area contributed by atoms with Gasteiger partial charge in [-0.2, -0.15) is 0 Å². The molecule has 2 heterocycles. The Labute approximate surface area is 124 Å². The molecule has 2 aromatic heterocycles. The van der Waals surface area contributed by atoms with E-state index in [1.54, 1.807) is 30.7 Å². The van der Waals surface area contributed by atoms with Gasteiger partial charge in [-0.15, -0.1) is 0 Å². The zero-order chi connectivity index (χ0) is 15.1. The Morgan fingerprint density at radius 3 is 2.90 bits per heavy atom. The molecule has 0 aliphatic heterocycles. The average molecular weight is 284 g/mol. The van der Waals surface area contributed by atoms with Gasteiger partial charge in [-0.1, -0.05) is 6.92 Å². The molecule has 5 heteroatoms. The lowest BCUT2D eigenvalue weighted by Gasteiger charge is -2.09. The molecule has 0 atom stereocenters. The zero-order valence-electron chi connectivity index (χ0n) is 12.4. The van der Waals surface area contributed by atoms with Gasteiger partial charge in [0.05, 0.1) is 0 Å². The maximum Gasteiger partial charge on any atom is 0.251 e. The van der Waals surface area contributed by atoms with E-state index in [2.05, 4.69) is 27.5 Å². The first-order valence-electron chi connectivity index (χ1n) is 7.08. The second-order valence-electron chi connectivity index (χ2n) is 4.84. The summed E-state index contributed by atoms with van der Waals surface area (Å²) in [6, 6.07) is 5.40. The first-order valence-corrected chi connectivity index (χ1v) is 7.08. The maximum atomic E-state index is 12.2. The molecule has 2 aromatic rings. The number of hydrogen-bond donors (Lipinski definition) is 2. The van der Waals surface area contributed by atoms with Gasteiger partial charge in [0.2, 0.25) is 0 Å². The molecule has 0 unspecified atom stereocenters. The third-order valence-electron chi connectivity index (χ3n) is 3.15. The van der Waals surface area contributed by atoms with E-state index in [4.69, 9.17) is 0 Å². The minimum Gasteiger partial charge on any atom is -0.370 e. The highest BCUT2D eigenvalue weighted by atomic mass is 16.1. The van der Waals surface area contributed by atoms with E-state index in [1.165, 1.54) is 0 Å². The van der Waals surface area contributed by atoms with E-state index in [0.29, 0.717) is 12.1 Å². The van der Waals surface area contributed by atoms with Crippen LogP contribution in [0.3, 0.4) is 0 Å². The lowest BCUT2D eigenvalue weighted by Crippen LogP contribution is -2.23. The van der Waals surface area contributed by atoms with E-state index < -0.39 is 0 Å². The van der Waals surface area contributed by atoms with Crippen LogP contribution in [-0.2, 0) is 6.54 Å². The van der Waals surface area contributed by atoms with Gasteiger partial charge < -0.3 is 10.6 Å². The Morgan fingerprint density at radius 2 is 2.14 bits per heavy atom. The number of nitrogens with zero attached hydrogens (tertiary/aromatic N) is 2. The van der Waals surface area contributed by atoms with E-state index in [0.717, 1.165) is 29.9 Å². The molecule has 0 aliphatic carbocycles. The molecule has 0 saturated heterocycles. The number of aryl methyl sites for hydroxylation is 1. The van der Waals surface area contributed by atoms with E-state index in [-0.39, 0.29) is 5.91 Å². The third kappa shape index (κ3) is 4.27. The van der Waals surface area contributed by atoms with Gasteiger partial charge >= 0.3 is 0 Å². The molecule has 1 amide bonds. The molecule has 2 rings (SSSR count). The van der Waals surface area contributed by atoms with Crippen LogP contribution >= 0.6 is 0 Å². The fraction of sp³-hybridized carbons (Fsp3) is 0.312. The number of rotatable bonds is 6. The van der Waals surface area contributed by atoms with Gasteiger partial charge in [0.15, 0.2) is 0 Å². The van der Waals surface area contributed by atoms with E-state index in [9.17, 15) is 4.79 Å². The van der Waals surface area contributed by atoms with Crippen molar-refractivity contribution in [1.29, 1.82) is 0 Å². The predicted molar refractivity (Wildman–Crippen MR) is 83.2 cm³/mol. The molecule has 0 radical (unpaired) electrons. The Morgan fingerprint density at radius 1 is 1.29 bits per heavy atom. The summed E-state index contributed by atoms with van der Waals surface area (Å²) >= 11 is 0. The SMILES string of the molecule is CCCNc1cc(C(=O)NCc2ccncc2C)ccn1. The van der Waals surface area contributed by atoms with Gasteiger partial charge in [0.1, 0.15) is 5.82 Å². The Bertz CT molecular complexity index is 613. The maximum absolute atomic E-state index is 12.2. The number of anilines is 1. The van der Waals surface area contributed by atoms with Gasteiger partial charge in [-0.25, -0.2) is 4.98 Å². The van der Waals surface area contributed by atoms with Gasteiger partial charge in [-0.05, 0) is 42.7 Å². The van der Waals surface area contributed by atoms with Crippen molar-refractivity contribution in [1.82, 2.24) is 15.3 Å². The third-order valence-corrected chi connectivity index (χ3v) is 3.15. The average Bonchev–Trinajstić information content (AvgIpc) is 2.52. The molecule has 0 bridgehead atoms. The smallest absolute Gasteiger partial charge is 0.251 e. The van der Waals surface area contributed by atoms with Gasteiger partial charge in [-0.3, -0.25) is 9.78 Å². The quantitative estimate of drug-likeness (QED) is 0.855. The Balaban J connectivity index is 1.98. The minimum absolute atomic E-state index is 0.104. The molecule has 0 aromatic carbocycles. The molecule has 0 fully saturated rings. The number of aromatic nitrogens is 2. The number of pyridine rings is 2. The molecule has 0 aliphatic rings. The lowest BCUT2D eigenvalue weighted by atomic mass is 10.1. The van der Waals surface area contributed by atoms with Crippen molar-refractivity contribution in [3.8, 4) is 0 Å². The first-order chi connectivity index (χ1) is 10.2. The highest BCUT2D eigenvalue weighted by Crippen LogP contribution is 2.08. The van der Waals surface area contributed by atoms with Crippen LogP contribution in [0.2, 0.25) is 0 Å². The van der Waals surface area contributed by atoms with Gasteiger partial charge in [0, 0.05) is 37.2 Å². The zero-order valence-corrected chi connectivity index (χ0v) is 12.4. The van der Waals surface area contributed by atoms with E-state index >= 15 is 0 Å². The number of amides is 1. The standard InChI is InChI=1S/C16H20N4O/c1-3-6-18-15-9-13(5-8-19-15)16(21)20-11-14-4-7-17-10-12(14)2/h4-5,7-10H,3,6,11H2,1-2H3,(H,18,19)(H,20,21). The monoisotopic (exact) mass is 284 g/mol. The summed E-state index contributed by atoms with van der Waals surface area (Å²) in [5.41, 5.74) is 2.74. The summed E-state index contributed by atoms with van der Waals surface area (Å²) in [7, 11) is 0.